The highest BCUT2D eigenvalue weighted by Crippen LogP contribution is 2.27. The molecule has 1 aromatic rings. The summed E-state index contributed by atoms with van der Waals surface area (Å²) >= 11 is 1.78. The van der Waals surface area contributed by atoms with Gasteiger partial charge >= 0.3 is 0 Å². The second-order valence-electron chi connectivity index (χ2n) is 6.91. The van der Waals surface area contributed by atoms with Gasteiger partial charge in [0.15, 0.2) is 0 Å². The Morgan fingerprint density at radius 3 is 2.50 bits per heavy atom. The number of carbonyl (C=O) groups excluding carboxylic acids is 2. The van der Waals surface area contributed by atoms with Crippen molar-refractivity contribution in [3.05, 3.63) is 21.9 Å². The third kappa shape index (κ3) is 3.46. The maximum Gasteiger partial charge on any atom is 0.223 e. The number of amides is 2. The Balaban J connectivity index is 0.00000169. The van der Waals surface area contributed by atoms with Crippen LogP contribution in [0.15, 0.2) is 11.4 Å². The molecule has 0 unspecified atom stereocenters. The second-order valence-corrected chi connectivity index (χ2v) is 7.91. The first-order valence-electron chi connectivity index (χ1n) is 8.52. The van der Waals surface area contributed by atoms with Gasteiger partial charge in [-0.3, -0.25) is 9.59 Å². The number of likely N-dealkylation sites (tertiary alicyclic amines) is 1. The normalized spacial score (nSPS) is 25.2. The zero-order valence-corrected chi connectivity index (χ0v) is 15.3. The molecule has 0 radical (unpaired) electrons. The van der Waals surface area contributed by atoms with Gasteiger partial charge in [-0.25, -0.2) is 0 Å². The smallest absolute Gasteiger partial charge is 0.223 e. The number of fused-ring (bicyclic) bond motifs is 2. The van der Waals surface area contributed by atoms with E-state index >= 15 is 0 Å². The Kier molecular flexibility index (Phi) is 5.47. The van der Waals surface area contributed by atoms with E-state index in [1.54, 1.807) is 11.3 Å². The van der Waals surface area contributed by atoms with Gasteiger partial charge in [0.25, 0.3) is 0 Å². The maximum absolute atomic E-state index is 12.4. The quantitative estimate of drug-likeness (QED) is 0.878. The van der Waals surface area contributed by atoms with Crippen molar-refractivity contribution < 1.29 is 9.59 Å². The molecule has 1 N–H and O–H groups in total. The Hall–Kier alpha value is -1.11. The van der Waals surface area contributed by atoms with Crippen molar-refractivity contribution in [3.8, 4) is 0 Å². The first kappa shape index (κ1) is 17.7. The van der Waals surface area contributed by atoms with E-state index in [2.05, 4.69) is 16.8 Å². The van der Waals surface area contributed by atoms with Gasteiger partial charge in [0, 0.05) is 57.0 Å². The van der Waals surface area contributed by atoms with E-state index in [1.807, 2.05) is 9.80 Å². The fraction of sp³-hybridized carbons (Fsp3) is 0.647. The molecule has 0 aromatic carbocycles. The lowest BCUT2D eigenvalue weighted by atomic mass is 10.0. The largest absolute Gasteiger partial charge is 0.342 e. The van der Waals surface area contributed by atoms with E-state index in [9.17, 15) is 9.59 Å². The predicted octanol–water partition coefficient (Wildman–Crippen LogP) is 1.51. The van der Waals surface area contributed by atoms with E-state index in [1.165, 1.54) is 10.4 Å². The molecule has 3 aliphatic heterocycles. The van der Waals surface area contributed by atoms with Crippen LogP contribution in [0.3, 0.4) is 0 Å². The van der Waals surface area contributed by atoms with Gasteiger partial charge in [-0.15, -0.1) is 23.7 Å². The van der Waals surface area contributed by atoms with Crippen LogP contribution >= 0.6 is 23.7 Å². The highest BCUT2D eigenvalue weighted by Gasteiger charge is 2.37. The highest BCUT2D eigenvalue weighted by molar-refractivity contribution is 7.10. The van der Waals surface area contributed by atoms with E-state index in [4.69, 9.17) is 0 Å². The molecule has 4 heterocycles. The summed E-state index contributed by atoms with van der Waals surface area (Å²) in [6.45, 7) is 5.30. The summed E-state index contributed by atoms with van der Waals surface area (Å²) in [5, 5.41) is 5.48. The molecule has 1 aromatic heterocycles. The molecule has 132 valence electrons. The van der Waals surface area contributed by atoms with E-state index in [-0.39, 0.29) is 24.2 Å². The molecule has 3 aliphatic rings. The molecule has 5 nitrogen and oxygen atoms in total. The van der Waals surface area contributed by atoms with Crippen molar-refractivity contribution in [2.24, 2.45) is 11.8 Å². The van der Waals surface area contributed by atoms with Gasteiger partial charge in [0.1, 0.15) is 0 Å². The van der Waals surface area contributed by atoms with Crippen LogP contribution in [-0.4, -0.2) is 54.3 Å². The number of halogens is 1. The van der Waals surface area contributed by atoms with Crippen LogP contribution in [0.25, 0.3) is 0 Å². The average molecular weight is 370 g/mol. The molecule has 4 rings (SSSR count). The van der Waals surface area contributed by atoms with Crippen molar-refractivity contribution >= 4 is 35.6 Å². The van der Waals surface area contributed by atoms with Gasteiger partial charge in [0.2, 0.25) is 11.8 Å². The maximum atomic E-state index is 12.4. The van der Waals surface area contributed by atoms with E-state index < -0.39 is 0 Å². The van der Waals surface area contributed by atoms with Crippen LogP contribution in [-0.2, 0) is 22.6 Å². The van der Waals surface area contributed by atoms with Gasteiger partial charge in [-0.2, -0.15) is 0 Å². The number of hydrogen-bond acceptors (Lipinski definition) is 4. The monoisotopic (exact) mass is 369 g/mol. The van der Waals surface area contributed by atoms with Gasteiger partial charge in [-0.1, -0.05) is 0 Å². The van der Waals surface area contributed by atoms with Crippen molar-refractivity contribution in [2.45, 2.75) is 25.8 Å². The lowest BCUT2D eigenvalue weighted by Gasteiger charge is -2.27. The van der Waals surface area contributed by atoms with Gasteiger partial charge < -0.3 is 15.1 Å². The van der Waals surface area contributed by atoms with Crippen LogP contribution in [0.5, 0.6) is 0 Å². The lowest BCUT2D eigenvalue weighted by molar-refractivity contribution is -0.137. The van der Waals surface area contributed by atoms with Crippen molar-refractivity contribution in [3.63, 3.8) is 0 Å². The molecular weight excluding hydrogens is 346 g/mol. The zero-order chi connectivity index (χ0) is 15.8. The molecule has 2 atom stereocenters. The predicted molar refractivity (Wildman–Crippen MR) is 96.4 cm³/mol. The summed E-state index contributed by atoms with van der Waals surface area (Å²) in [6, 6.07) is 2.11. The van der Waals surface area contributed by atoms with Crippen molar-refractivity contribution in [1.29, 1.82) is 0 Å². The van der Waals surface area contributed by atoms with Crippen molar-refractivity contribution in [1.82, 2.24) is 15.1 Å². The fourth-order valence-corrected chi connectivity index (χ4v) is 4.94. The average Bonchev–Trinajstić information content (AvgIpc) is 3.25. The molecule has 0 saturated carbocycles. The number of rotatable bonds is 3. The standard InChI is InChI=1S/C17H23N3O2S.ClH/c21-16(19-5-3-15-12(9-19)4-6-23-15)1-2-17(22)20-10-13-7-18-8-14(13)11-20;/h4,6,13-14,18H,1-3,5,7-11H2;1H/t13-,14+;. The SMILES string of the molecule is Cl.O=C(CCC(=O)N1C[C@H]2CNC[C@H]2C1)N1CCc2sccc2C1. The summed E-state index contributed by atoms with van der Waals surface area (Å²) in [5.41, 5.74) is 1.28. The Morgan fingerprint density at radius 2 is 1.79 bits per heavy atom. The van der Waals surface area contributed by atoms with Crippen LogP contribution in [0.4, 0.5) is 0 Å². The van der Waals surface area contributed by atoms with Crippen molar-refractivity contribution in [2.75, 3.05) is 32.7 Å². The molecule has 2 fully saturated rings. The third-order valence-corrected chi connectivity index (χ3v) is 6.48. The lowest BCUT2D eigenvalue weighted by Crippen LogP contribution is -2.37. The number of nitrogens with zero attached hydrogens (tertiary/aromatic N) is 2. The first-order valence-corrected chi connectivity index (χ1v) is 9.40. The number of carbonyl (C=O) groups is 2. The first-order chi connectivity index (χ1) is 11.2. The van der Waals surface area contributed by atoms with E-state index in [0.29, 0.717) is 31.2 Å². The zero-order valence-electron chi connectivity index (χ0n) is 13.7. The van der Waals surface area contributed by atoms with Crippen LogP contribution < -0.4 is 5.32 Å². The minimum Gasteiger partial charge on any atom is -0.342 e. The summed E-state index contributed by atoms with van der Waals surface area (Å²) in [5.74, 6) is 1.51. The second kappa shape index (κ2) is 7.42. The van der Waals surface area contributed by atoms with Crippen LogP contribution in [0.1, 0.15) is 23.3 Å². The van der Waals surface area contributed by atoms with Crippen LogP contribution in [0.2, 0.25) is 0 Å². The molecule has 24 heavy (non-hydrogen) atoms. The molecule has 7 heteroatoms. The third-order valence-electron chi connectivity index (χ3n) is 5.46. The fourth-order valence-electron chi connectivity index (χ4n) is 4.05. The van der Waals surface area contributed by atoms with Gasteiger partial charge in [0.05, 0.1) is 0 Å². The van der Waals surface area contributed by atoms with Gasteiger partial charge in [-0.05, 0) is 35.3 Å². The minimum atomic E-state index is 0. The summed E-state index contributed by atoms with van der Waals surface area (Å²) in [7, 11) is 0. The summed E-state index contributed by atoms with van der Waals surface area (Å²) in [4.78, 5) is 30.0. The number of hydrogen-bond donors (Lipinski definition) is 1. The molecule has 0 spiro atoms. The Morgan fingerprint density at radius 1 is 1.12 bits per heavy atom. The number of nitrogens with one attached hydrogen (secondary N) is 1. The Labute approximate surface area is 152 Å². The molecular formula is C17H24ClN3O2S. The molecule has 0 bridgehead atoms. The topological polar surface area (TPSA) is 52.7 Å². The van der Waals surface area contributed by atoms with Crippen LogP contribution in [0, 0.1) is 11.8 Å². The molecule has 0 aliphatic carbocycles. The van der Waals surface area contributed by atoms with E-state index in [0.717, 1.165) is 39.1 Å². The summed E-state index contributed by atoms with van der Waals surface area (Å²) < 4.78 is 0. The molecule has 2 amide bonds. The number of thiophene rings is 1. The Bertz CT molecular complexity index is 609. The summed E-state index contributed by atoms with van der Waals surface area (Å²) in [6.07, 6.45) is 1.66. The highest BCUT2D eigenvalue weighted by atomic mass is 35.5. The molecule has 2 saturated heterocycles. The minimum absolute atomic E-state index is 0.